The average Bonchev–Trinajstić information content (AvgIpc) is 2.67. The molecule has 0 aliphatic heterocycles. The van der Waals surface area contributed by atoms with Gasteiger partial charge in [-0.15, -0.1) is 11.3 Å². The molecule has 0 amide bonds. The maximum atomic E-state index is 13.6. The summed E-state index contributed by atoms with van der Waals surface area (Å²) in [6, 6.07) is 1.95. The molecule has 2 aromatic rings. The third kappa shape index (κ3) is 2.90. The van der Waals surface area contributed by atoms with Gasteiger partial charge in [0.2, 0.25) is 0 Å². The number of aromatic nitrogens is 1. The number of hydrogen-bond donors (Lipinski definition) is 2. The zero-order valence-corrected chi connectivity index (χ0v) is 11.9. The zero-order chi connectivity index (χ0) is 14.2. The first-order valence-electron chi connectivity index (χ1n) is 5.00. The molecule has 19 heavy (non-hydrogen) atoms. The van der Waals surface area contributed by atoms with E-state index < -0.39 is 17.6 Å². The van der Waals surface area contributed by atoms with Gasteiger partial charge in [-0.2, -0.15) is 0 Å². The first kappa shape index (κ1) is 13.9. The Morgan fingerprint density at radius 3 is 2.68 bits per heavy atom. The minimum atomic E-state index is -1.16. The molecule has 1 aromatic heterocycles. The third-order valence-electron chi connectivity index (χ3n) is 2.25. The Labute approximate surface area is 119 Å². The number of halogens is 3. The molecule has 0 spiro atoms. The largest absolute Gasteiger partial charge is 0.476 e. The number of carboxylic acid groups (broad SMARTS) is 1. The molecule has 2 rings (SSSR count). The number of hydrogen-bond acceptors (Lipinski definition) is 4. The molecular weight excluding hydrogens is 342 g/mol. The van der Waals surface area contributed by atoms with Crippen molar-refractivity contribution in [2.45, 2.75) is 6.92 Å². The molecule has 0 aliphatic carbocycles. The molecule has 0 radical (unpaired) electrons. The Morgan fingerprint density at radius 2 is 2.11 bits per heavy atom. The summed E-state index contributed by atoms with van der Waals surface area (Å²) in [5, 5.41) is 11.6. The highest BCUT2D eigenvalue weighted by Crippen LogP contribution is 2.29. The summed E-state index contributed by atoms with van der Waals surface area (Å²) in [5.74, 6) is -2.46. The second kappa shape index (κ2) is 5.22. The molecule has 0 saturated heterocycles. The van der Waals surface area contributed by atoms with E-state index in [1.54, 1.807) is 6.92 Å². The fourth-order valence-corrected chi connectivity index (χ4v) is 2.51. The Balaban J connectivity index is 2.34. The van der Waals surface area contributed by atoms with E-state index in [4.69, 9.17) is 5.11 Å². The highest BCUT2D eigenvalue weighted by atomic mass is 79.9. The zero-order valence-electron chi connectivity index (χ0n) is 9.50. The van der Waals surface area contributed by atoms with Gasteiger partial charge in [-0.25, -0.2) is 18.6 Å². The van der Waals surface area contributed by atoms with Crippen molar-refractivity contribution < 1.29 is 18.7 Å². The Bertz CT molecular complexity index is 660. The SMILES string of the molecule is Cc1sc(Nc2cc(F)c(Br)cc2F)nc1C(=O)O. The summed E-state index contributed by atoms with van der Waals surface area (Å²) in [4.78, 5) is 15.1. The van der Waals surface area contributed by atoms with Crippen LogP contribution in [0.2, 0.25) is 0 Å². The second-order valence-electron chi connectivity index (χ2n) is 3.60. The van der Waals surface area contributed by atoms with Crippen LogP contribution in [0, 0.1) is 18.6 Å². The van der Waals surface area contributed by atoms with Crippen molar-refractivity contribution in [1.29, 1.82) is 0 Å². The summed E-state index contributed by atoms with van der Waals surface area (Å²) in [6.45, 7) is 1.59. The van der Waals surface area contributed by atoms with Gasteiger partial charge in [0.25, 0.3) is 0 Å². The van der Waals surface area contributed by atoms with Crippen LogP contribution in [0.3, 0.4) is 0 Å². The van der Waals surface area contributed by atoms with Crippen LogP contribution in [0.5, 0.6) is 0 Å². The Morgan fingerprint density at radius 1 is 1.42 bits per heavy atom. The molecule has 8 heteroatoms. The lowest BCUT2D eigenvalue weighted by molar-refractivity contribution is 0.0690. The summed E-state index contributed by atoms with van der Waals surface area (Å²) < 4.78 is 26.9. The average molecular weight is 349 g/mol. The van der Waals surface area contributed by atoms with Gasteiger partial charge in [0, 0.05) is 10.9 Å². The first-order chi connectivity index (χ1) is 8.88. The minimum Gasteiger partial charge on any atom is -0.476 e. The lowest BCUT2D eigenvalue weighted by Gasteiger charge is -2.05. The van der Waals surface area contributed by atoms with Crippen molar-refractivity contribution in [3.8, 4) is 0 Å². The molecule has 4 nitrogen and oxygen atoms in total. The van der Waals surface area contributed by atoms with E-state index in [1.807, 2.05) is 0 Å². The number of nitrogens with zero attached hydrogens (tertiary/aromatic N) is 1. The van der Waals surface area contributed by atoms with Gasteiger partial charge >= 0.3 is 5.97 Å². The van der Waals surface area contributed by atoms with Crippen LogP contribution < -0.4 is 5.32 Å². The molecule has 0 bridgehead atoms. The van der Waals surface area contributed by atoms with E-state index >= 15 is 0 Å². The van der Waals surface area contributed by atoms with Gasteiger partial charge < -0.3 is 10.4 Å². The van der Waals surface area contributed by atoms with E-state index in [0.29, 0.717) is 4.88 Å². The van der Waals surface area contributed by atoms with E-state index in [1.165, 1.54) is 0 Å². The first-order valence-corrected chi connectivity index (χ1v) is 6.61. The monoisotopic (exact) mass is 348 g/mol. The molecular formula is C11H7BrF2N2O2S. The van der Waals surface area contributed by atoms with Crippen molar-refractivity contribution in [1.82, 2.24) is 4.98 Å². The molecule has 0 aliphatic rings. The van der Waals surface area contributed by atoms with Crippen LogP contribution in [-0.4, -0.2) is 16.1 Å². The van der Waals surface area contributed by atoms with E-state index in [9.17, 15) is 13.6 Å². The molecule has 1 aromatic carbocycles. The van der Waals surface area contributed by atoms with E-state index in [2.05, 4.69) is 26.2 Å². The summed E-state index contributed by atoms with van der Waals surface area (Å²) in [5.41, 5.74) is -0.211. The van der Waals surface area contributed by atoms with Gasteiger partial charge in [0.05, 0.1) is 10.2 Å². The highest BCUT2D eigenvalue weighted by Gasteiger charge is 2.15. The molecule has 2 N–H and O–H groups in total. The topological polar surface area (TPSA) is 62.2 Å². The number of anilines is 2. The Hall–Kier alpha value is -1.54. The van der Waals surface area contributed by atoms with Crippen LogP contribution >= 0.6 is 27.3 Å². The number of nitrogens with one attached hydrogen (secondary N) is 1. The summed E-state index contributed by atoms with van der Waals surface area (Å²) >= 11 is 3.92. The van der Waals surface area contributed by atoms with E-state index in [-0.39, 0.29) is 21.0 Å². The van der Waals surface area contributed by atoms with Crippen LogP contribution in [0.25, 0.3) is 0 Å². The number of carboxylic acids is 1. The molecule has 0 saturated carbocycles. The van der Waals surface area contributed by atoms with Crippen LogP contribution in [-0.2, 0) is 0 Å². The Kier molecular flexibility index (Phi) is 3.81. The van der Waals surface area contributed by atoms with Crippen molar-refractivity contribution in [2.24, 2.45) is 0 Å². The fourth-order valence-electron chi connectivity index (χ4n) is 1.38. The normalized spacial score (nSPS) is 10.5. The lowest BCUT2D eigenvalue weighted by Crippen LogP contribution is -2.00. The smallest absolute Gasteiger partial charge is 0.355 e. The maximum absolute atomic E-state index is 13.6. The van der Waals surface area contributed by atoms with Crippen molar-refractivity contribution in [3.63, 3.8) is 0 Å². The third-order valence-corrected chi connectivity index (χ3v) is 3.74. The number of carbonyl (C=O) groups is 1. The van der Waals surface area contributed by atoms with Crippen LogP contribution in [0.4, 0.5) is 19.6 Å². The van der Waals surface area contributed by atoms with Crippen molar-refractivity contribution in [3.05, 3.63) is 38.8 Å². The maximum Gasteiger partial charge on any atom is 0.355 e. The van der Waals surface area contributed by atoms with Gasteiger partial charge in [-0.05, 0) is 28.9 Å². The predicted molar refractivity (Wildman–Crippen MR) is 71.2 cm³/mol. The van der Waals surface area contributed by atoms with Crippen LogP contribution in [0.15, 0.2) is 16.6 Å². The molecule has 100 valence electrons. The summed E-state index contributed by atoms with van der Waals surface area (Å²) in [6.07, 6.45) is 0. The highest BCUT2D eigenvalue weighted by molar-refractivity contribution is 9.10. The molecule has 0 fully saturated rings. The predicted octanol–water partition coefficient (Wildman–Crippen LogP) is 3.93. The standard InChI is InChI=1S/C11H7BrF2N2O2S/c1-4-9(10(17)18)16-11(19-4)15-8-3-6(13)5(12)2-7(8)14/h2-3H,1H3,(H,15,16)(H,17,18). The molecule has 0 atom stereocenters. The van der Waals surface area contributed by atoms with Gasteiger partial charge in [0.1, 0.15) is 11.6 Å². The van der Waals surface area contributed by atoms with Gasteiger partial charge in [-0.3, -0.25) is 0 Å². The number of thiazole rings is 1. The molecule has 0 unspecified atom stereocenters. The van der Waals surface area contributed by atoms with Gasteiger partial charge in [0.15, 0.2) is 10.8 Å². The number of rotatable bonds is 3. The lowest BCUT2D eigenvalue weighted by atomic mass is 10.3. The summed E-state index contributed by atoms with van der Waals surface area (Å²) in [7, 11) is 0. The van der Waals surface area contributed by atoms with Crippen LogP contribution in [0.1, 0.15) is 15.4 Å². The van der Waals surface area contributed by atoms with Gasteiger partial charge in [-0.1, -0.05) is 0 Å². The van der Waals surface area contributed by atoms with Crippen molar-refractivity contribution in [2.75, 3.05) is 5.32 Å². The fraction of sp³-hybridized carbons (Fsp3) is 0.0909. The quantitative estimate of drug-likeness (QED) is 0.825. The number of benzene rings is 1. The second-order valence-corrected chi connectivity index (χ2v) is 5.66. The van der Waals surface area contributed by atoms with Crippen molar-refractivity contribution >= 4 is 44.1 Å². The number of aryl methyl sites for hydroxylation is 1. The number of aromatic carboxylic acids is 1. The van der Waals surface area contributed by atoms with E-state index in [0.717, 1.165) is 23.5 Å². The molecule has 1 heterocycles. The minimum absolute atomic E-state index is 0.0112.